The molecule has 3 nitrogen and oxygen atoms in total. The highest BCUT2D eigenvalue weighted by molar-refractivity contribution is 7.99. The lowest BCUT2D eigenvalue weighted by molar-refractivity contribution is -0.120. The number of nitrogens with one attached hydrogen (secondary N) is 1. The van der Waals surface area contributed by atoms with Crippen LogP contribution in [0.4, 0.5) is 0 Å². The van der Waals surface area contributed by atoms with Crippen LogP contribution in [0.3, 0.4) is 0 Å². The second-order valence-electron chi connectivity index (χ2n) is 3.17. The van der Waals surface area contributed by atoms with Gasteiger partial charge in [0.25, 0.3) is 0 Å². The topological polar surface area (TPSA) is 55.1 Å². The molecule has 5 heteroatoms. The van der Waals surface area contributed by atoms with Crippen molar-refractivity contribution in [3.63, 3.8) is 0 Å². The van der Waals surface area contributed by atoms with Crippen molar-refractivity contribution in [3.8, 4) is 0 Å². The number of carbonyl (C=O) groups excluding carboxylic acids is 1. The van der Waals surface area contributed by atoms with Crippen LogP contribution in [-0.4, -0.2) is 30.0 Å². The number of hydrogen-bond donors (Lipinski definition) is 2. The van der Waals surface area contributed by atoms with Gasteiger partial charge in [-0.2, -0.15) is 11.8 Å². The van der Waals surface area contributed by atoms with Gasteiger partial charge < -0.3 is 11.1 Å². The molecule has 0 radical (unpaired) electrons. The van der Waals surface area contributed by atoms with Gasteiger partial charge in [0.1, 0.15) is 0 Å². The fourth-order valence-electron chi connectivity index (χ4n) is 1.23. The first-order chi connectivity index (χ1) is 6.14. The summed E-state index contributed by atoms with van der Waals surface area (Å²) < 4.78 is 0. The first kappa shape index (κ1) is 16.5. The maximum absolute atomic E-state index is 11.3. The maximum atomic E-state index is 11.3. The molecule has 0 saturated heterocycles. The van der Waals surface area contributed by atoms with Crippen LogP contribution < -0.4 is 11.1 Å². The summed E-state index contributed by atoms with van der Waals surface area (Å²) >= 11 is 1.53. The van der Waals surface area contributed by atoms with Gasteiger partial charge in [-0.15, -0.1) is 12.4 Å². The molecule has 0 aliphatic carbocycles. The van der Waals surface area contributed by atoms with E-state index in [1.165, 1.54) is 11.8 Å². The molecule has 0 fully saturated rings. The van der Waals surface area contributed by atoms with E-state index in [-0.39, 0.29) is 23.9 Å². The molecule has 0 spiro atoms. The van der Waals surface area contributed by atoms with Crippen molar-refractivity contribution in [1.82, 2.24) is 5.32 Å². The Morgan fingerprint density at radius 1 is 1.43 bits per heavy atom. The van der Waals surface area contributed by atoms with Crippen LogP contribution >= 0.6 is 24.2 Å². The van der Waals surface area contributed by atoms with Crippen LogP contribution in [-0.2, 0) is 4.79 Å². The highest BCUT2D eigenvalue weighted by Crippen LogP contribution is 2.13. The van der Waals surface area contributed by atoms with Crippen molar-refractivity contribution in [2.75, 3.05) is 18.6 Å². The number of halogens is 1. The summed E-state index contributed by atoms with van der Waals surface area (Å²) in [6.07, 6.45) is 3.70. The number of rotatable bonds is 6. The summed E-state index contributed by atoms with van der Waals surface area (Å²) in [5.41, 5.74) is 5.46. The molecular formula is C9H21ClN2OS. The normalized spacial score (nSPS) is 10.6. The van der Waals surface area contributed by atoms with Gasteiger partial charge in [0.05, 0.1) is 11.3 Å². The number of thioether (sulfide) groups is 1. The Balaban J connectivity index is 0. The van der Waals surface area contributed by atoms with E-state index in [2.05, 4.69) is 19.2 Å². The molecule has 0 saturated carbocycles. The molecule has 0 aromatic rings. The van der Waals surface area contributed by atoms with E-state index in [1.54, 1.807) is 0 Å². The van der Waals surface area contributed by atoms with E-state index >= 15 is 0 Å². The molecule has 1 amide bonds. The lowest BCUT2D eigenvalue weighted by atomic mass is 9.93. The third-order valence-corrected chi connectivity index (χ3v) is 2.98. The van der Waals surface area contributed by atoms with Crippen molar-refractivity contribution in [3.05, 3.63) is 0 Å². The Morgan fingerprint density at radius 2 is 1.93 bits per heavy atom. The summed E-state index contributed by atoms with van der Waals surface area (Å²) in [4.78, 5) is 11.3. The van der Waals surface area contributed by atoms with E-state index in [1.807, 2.05) is 6.26 Å². The quantitative estimate of drug-likeness (QED) is 0.738. The maximum Gasteiger partial charge on any atom is 0.230 e. The Morgan fingerprint density at radius 3 is 2.21 bits per heavy atom. The highest BCUT2D eigenvalue weighted by atomic mass is 35.5. The van der Waals surface area contributed by atoms with E-state index < -0.39 is 0 Å². The van der Waals surface area contributed by atoms with Crippen molar-refractivity contribution in [2.24, 2.45) is 5.73 Å². The zero-order chi connectivity index (χ0) is 10.3. The number of amides is 1. The minimum atomic E-state index is -0.188. The molecule has 14 heavy (non-hydrogen) atoms. The lowest BCUT2D eigenvalue weighted by Gasteiger charge is -2.31. The first-order valence-corrected chi connectivity index (χ1v) is 6.03. The van der Waals surface area contributed by atoms with Crippen molar-refractivity contribution in [1.29, 1.82) is 0 Å². The third kappa shape index (κ3) is 5.08. The van der Waals surface area contributed by atoms with Gasteiger partial charge in [-0.1, -0.05) is 13.8 Å². The van der Waals surface area contributed by atoms with E-state index in [0.29, 0.717) is 12.3 Å². The van der Waals surface area contributed by atoms with Crippen LogP contribution in [0.5, 0.6) is 0 Å². The molecule has 86 valence electrons. The van der Waals surface area contributed by atoms with Gasteiger partial charge in [0, 0.05) is 6.54 Å². The number of nitrogens with two attached hydrogens (primary N) is 1. The minimum absolute atomic E-state index is 0. The predicted molar refractivity (Wildman–Crippen MR) is 66.1 cm³/mol. The molecule has 0 aromatic carbocycles. The summed E-state index contributed by atoms with van der Waals surface area (Å²) in [5.74, 6) is 0.600. The Labute approximate surface area is 97.0 Å². The van der Waals surface area contributed by atoms with Gasteiger partial charge >= 0.3 is 0 Å². The van der Waals surface area contributed by atoms with Crippen molar-refractivity contribution < 1.29 is 4.79 Å². The first-order valence-electron chi connectivity index (χ1n) is 4.64. The Bertz CT molecular complexity index is 155. The molecule has 0 bridgehead atoms. The monoisotopic (exact) mass is 240 g/mol. The molecule has 0 aromatic heterocycles. The van der Waals surface area contributed by atoms with Gasteiger partial charge in [-0.05, 0) is 19.1 Å². The SMILES string of the molecule is CCC(CC)(CN)NC(=O)CSC.Cl. The number of hydrogen-bond acceptors (Lipinski definition) is 3. The highest BCUT2D eigenvalue weighted by Gasteiger charge is 2.25. The number of carbonyl (C=O) groups is 1. The fourth-order valence-corrected chi connectivity index (χ4v) is 1.56. The van der Waals surface area contributed by atoms with Gasteiger partial charge in [-0.25, -0.2) is 0 Å². The van der Waals surface area contributed by atoms with Crippen molar-refractivity contribution in [2.45, 2.75) is 32.2 Å². The summed E-state index contributed by atoms with van der Waals surface area (Å²) in [6, 6.07) is 0. The molecule has 0 aliphatic heterocycles. The summed E-state index contributed by atoms with van der Waals surface area (Å²) in [6.45, 7) is 4.62. The minimum Gasteiger partial charge on any atom is -0.349 e. The predicted octanol–water partition coefficient (Wildman–Crippen LogP) is 1.40. The average Bonchev–Trinajstić information content (AvgIpc) is 2.15. The lowest BCUT2D eigenvalue weighted by Crippen LogP contribution is -2.53. The van der Waals surface area contributed by atoms with Crippen LogP contribution in [0.1, 0.15) is 26.7 Å². The second-order valence-corrected chi connectivity index (χ2v) is 4.04. The third-order valence-electron chi connectivity index (χ3n) is 2.42. The molecular weight excluding hydrogens is 220 g/mol. The van der Waals surface area contributed by atoms with Crippen LogP contribution in [0.2, 0.25) is 0 Å². The standard InChI is InChI=1S/C9H20N2OS.ClH/c1-4-9(5-2,7-10)11-8(12)6-13-3;/h4-7,10H2,1-3H3,(H,11,12);1H. The Kier molecular flexibility index (Phi) is 9.88. The van der Waals surface area contributed by atoms with E-state index in [4.69, 9.17) is 5.73 Å². The summed E-state index contributed by atoms with van der Waals surface area (Å²) in [7, 11) is 0. The average molecular weight is 241 g/mol. The molecule has 0 aliphatic rings. The molecule has 0 unspecified atom stereocenters. The van der Waals surface area contributed by atoms with Gasteiger partial charge in [0.2, 0.25) is 5.91 Å². The van der Waals surface area contributed by atoms with E-state index in [9.17, 15) is 4.79 Å². The van der Waals surface area contributed by atoms with Crippen LogP contribution in [0.25, 0.3) is 0 Å². The second kappa shape index (κ2) is 8.38. The van der Waals surface area contributed by atoms with Crippen LogP contribution in [0.15, 0.2) is 0 Å². The Hall–Kier alpha value is 0.0700. The van der Waals surface area contributed by atoms with Gasteiger partial charge in [-0.3, -0.25) is 4.79 Å². The van der Waals surface area contributed by atoms with Crippen molar-refractivity contribution >= 4 is 30.1 Å². The molecule has 3 N–H and O–H groups in total. The molecule has 0 rings (SSSR count). The molecule has 0 atom stereocenters. The zero-order valence-corrected chi connectivity index (χ0v) is 10.8. The molecule has 0 heterocycles. The van der Waals surface area contributed by atoms with Crippen LogP contribution in [0, 0.1) is 0 Å². The van der Waals surface area contributed by atoms with Gasteiger partial charge in [0.15, 0.2) is 0 Å². The largest absolute Gasteiger partial charge is 0.349 e. The van der Waals surface area contributed by atoms with E-state index in [0.717, 1.165) is 12.8 Å². The smallest absolute Gasteiger partial charge is 0.230 e. The zero-order valence-electron chi connectivity index (χ0n) is 9.13. The fraction of sp³-hybridized carbons (Fsp3) is 0.889. The summed E-state index contributed by atoms with van der Waals surface area (Å²) in [5, 5.41) is 3.00.